The van der Waals surface area contributed by atoms with Crippen LogP contribution in [-0.2, 0) is 22.7 Å². The maximum atomic E-state index is 12.9. The summed E-state index contributed by atoms with van der Waals surface area (Å²) in [6, 6.07) is 5.38. The minimum absolute atomic E-state index is 0.133. The van der Waals surface area contributed by atoms with E-state index in [1.165, 1.54) is 0 Å². The smallest absolute Gasteiger partial charge is 0.255 e. The Morgan fingerprint density at radius 1 is 1.16 bits per heavy atom. The van der Waals surface area contributed by atoms with E-state index in [2.05, 4.69) is 21.6 Å². The Labute approximate surface area is 182 Å². The number of benzene rings is 1. The maximum Gasteiger partial charge on any atom is 0.255 e. The Morgan fingerprint density at radius 2 is 1.97 bits per heavy atom. The van der Waals surface area contributed by atoms with E-state index in [0.717, 1.165) is 56.7 Å². The Hall–Kier alpha value is -2.29. The van der Waals surface area contributed by atoms with Crippen molar-refractivity contribution in [2.45, 2.75) is 44.8 Å². The molecule has 0 aromatic heterocycles. The molecule has 1 spiro atoms. The number of nitrogens with one attached hydrogen (secondary N) is 2. The summed E-state index contributed by atoms with van der Waals surface area (Å²) in [6.07, 6.45) is 2.85. The summed E-state index contributed by atoms with van der Waals surface area (Å²) in [5.74, 6) is -0.470. The third-order valence-corrected chi connectivity index (χ3v) is 7.70. The molecule has 2 atom stereocenters. The molecule has 0 radical (unpaired) electrons. The molecule has 0 saturated carbocycles. The van der Waals surface area contributed by atoms with Gasteiger partial charge >= 0.3 is 0 Å². The van der Waals surface area contributed by atoms with Crippen molar-refractivity contribution in [2.24, 2.45) is 11.3 Å². The molecule has 3 fully saturated rings. The SMILES string of the molecule is O=C1CCC(N2Cc3cc(CN4CC(CO)C5(CCNCC5)C4)ccc3C2=O)C(=O)N1. The van der Waals surface area contributed by atoms with Crippen LogP contribution in [0.5, 0.6) is 0 Å². The molecule has 3 amide bonds. The van der Waals surface area contributed by atoms with Gasteiger partial charge < -0.3 is 15.3 Å². The molecule has 166 valence electrons. The number of imide groups is 1. The number of likely N-dealkylation sites (tertiary alicyclic amines) is 1. The van der Waals surface area contributed by atoms with Gasteiger partial charge in [-0.2, -0.15) is 0 Å². The van der Waals surface area contributed by atoms with E-state index in [1.807, 2.05) is 12.1 Å². The number of nitrogens with zero attached hydrogens (tertiary/aromatic N) is 2. The minimum atomic E-state index is -0.579. The molecule has 31 heavy (non-hydrogen) atoms. The van der Waals surface area contributed by atoms with E-state index in [0.29, 0.717) is 24.4 Å². The van der Waals surface area contributed by atoms with Crippen molar-refractivity contribution < 1.29 is 19.5 Å². The number of carbonyl (C=O) groups is 3. The second kappa shape index (κ2) is 8.00. The molecule has 1 aromatic carbocycles. The lowest BCUT2D eigenvalue weighted by molar-refractivity contribution is -0.136. The number of aliphatic hydroxyl groups is 1. The minimum Gasteiger partial charge on any atom is -0.396 e. The van der Waals surface area contributed by atoms with Crippen LogP contribution in [0.1, 0.15) is 47.2 Å². The van der Waals surface area contributed by atoms with Gasteiger partial charge in [-0.05, 0) is 55.0 Å². The average molecular weight is 427 g/mol. The molecule has 2 unspecified atom stereocenters. The van der Waals surface area contributed by atoms with E-state index in [-0.39, 0.29) is 36.2 Å². The van der Waals surface area contributed by atoms with Crippen LogP contribution in [0.4, 0.5) is 0 Å². The number of hydrogen-bond donors (Lipinski definition) is 3. The zero-order chi connectivity index (χ0) is 21.6. The van der Waals surface area contributed by atoms with Crippen molar-refractivity contribution in [3.05, 3.63) is 34.9 Å². The quantitative estimate of drug-likeness (QED) is 0.597. The van der Waals surface area contributed by atoms with Gasteiger partial charge in [0.15, 0.2) is 0 Å². The van der Waals surface area contributed by atoms with Crippen LogP contribution in [0.25, 0.3) is 0 Å². The summed E-state index contributed by atoms with van der Waals surface area (Å²) in [5.41, 5.74) is 2.95. The summed E-state index contributed by atoms with van der Waals surface area (Å²) in [6.45, 7) is 5.36. The number of rotatable bonds is 4. The van der Waals surface area contributed by atoms with Gasteiger partial charge in [0.05, 0.1) is 0 Å². The second-order valence-corrected chi connectivity index (χ2v) is 9.55. The Balaban J connectivity index is 1.29. The van der Waals surface area contributed by atoms with Gasteiger partial charge in [0.1, 0.15) is 6.04 Å². The molecule has 0 aliphatic carbocycles. The van der Waals surface area contributed by atoms with Crippen molar-refractivity contribution in [2.75, 3.05) is 32.8 Å². The average Bonchev–Trinajstić information content (AvgIpc) is 3.25. The van der Waals surface area contributed by atoms with Crippen molar-refractivity contribution in [3.8, 4) is 0 Å². The molecule has 4 heterocycles. The van der Waals surface area contributed by atoms with E-state index in [4.69, 9.17) is 0 Å². The fraction of sp³-hybridized carbons (Fsp3) is 0.609. The van der Waals surface area contributed by atoms with Crippen LogP contribution in [0.15, 0.2) is 18.2 Å². The van der Waals surface area contributed by atoms with Crippen LogP contribution in [0.3, 0.4) is 0 Å². The number of piperidine rings is 2. The molecule has 1 aromatic rings. The van der Waals surface area contributed by atoms with Crippen molar-refractivity contribution in [3.63, 3.8) is 0 Å². The molecule has 4 aliphatic heterocycles. The fourth-order valence-corrected chi connectivity index (χ4v) is 5.99. The molecule has 0 bridgehead atoms. The first-order valence-corrected chi connectivity index (χ1v) is 11.3. The lowest BCUT2D eigenvalue weighted by atomic mass is 9.71. The number of amides is 3. The van der Waals surface area contributed by atoms with Crippen molar-refractivity contribution in [1.82, 2.24) is 20.4 Å². The summed E-state index contributed by atoms with van der Waals surface area (Å²) < 4.78 is 0. The third kappa shape index (κ3) is 3.66. The van der Waals surface area contributed by atoms with E-state index in [9.17, 15) is 19.5 Å². The molecule has 4 aliphatic rings. The molecule has 3 saturated heterocycles. The van der Waals surface area contributed by atoms with Crippen LogP contribution < -0.4 is 10.6 Å². The number of fused-ring (bicyclic) bond motifs is 1. The first-order valence-electron chi connectivity index (χ1n) is 11.3. The maximum absolute atomic E-state index is 12.9. The zero-order valence-corrected chi connectivity index (χ0v) is 17.7. The van der Waals surface area contributed by atoms with Crippen molar-refractivity contribution in [1.29, 1.82) is 0 Å². The van der Waals surface area contributed by atoms with Crippen LogP contribution in [0.2, 0.25) is 0 Å². The summed E-state index contributed by atoms with van der Waals surface area (Å²) in [4.78, 5) is 40.6. The van der Waals surface area contributed by atoms with Crippen LogP contribution >= 0.6 is 0 Å². The highest BCUT2D eigenvalue weighted by Gasteiger charge is 2.46. The zero-order valence-electron chi connectivity index (χ0n) is 17.7. The predicted molar refractivity (Wildman–Crippen MR) is 113 cm³/mol. The Kier molecular flexibility index (Phi) is 5.32. The highest BCUT2D eigenvalue weighted by molar-refractivity contribution is 6.05. The number of carbonyl (C=O) groups excluding carboxylic acids is 3. The normalized spacial score (nSPS) is 28.3. The lowest BCUT2D eigenvalue weighted by Gasteiger charge is -2.38. The number of aliphatic hydroxyl groups excluding tert-OH is 1. The molecular weight excluding hydrogens is 396 g/mol. The molecule has 5 rings (SSSR count). The predicted octanol–water partition coefficient (Wildman–Crippen LogP) is 0.242. The van der Waals surface area contributed by atoms with Gasteiger partial charge in [-0.15, -0.1) is 0 Å². The lowest BCUT2D eigenvalue weighted by Crippen LogP contribution is -2.52. The standard InChI is InChI=1S/C23H30N4O4/c28-13-17-12-26(14-23(17)5-7-24-8-6-23)10-15-1-2-18-16(9-15)11-27(22(18)31)19-3-4-20(29)25-21(19)30/h1-2,9,17,19,24,28H,3-8,10-14H2,(H,25,29,30). The highest BCUT2D eigenvalue weighted by atomic mass is 16.3. The Morgan fingerprint density at radius 3 is 2.71 bits per heavy atom. The van der Waals surface area contributed by atoms with Gasteiger partial charge in [0.2, 0.25) is 11.8 Å². The number of hydrogen-bond acceptors (Lipinski definition) is 6. The second-order valence-electron chi connectivity index (χ2n) is 9.55. The summed E-state index contributed by atoms with van der Waals surface area (Å²) >= 11 is 0. The van der Waals surface area contributed by atoms with E-state index >= 15 is 0 Å². The largest absolute Gasteiger partial charge is 0.396 e. The third-order valence-electron chi connectivity index (χ3n) is 7.70. The fourth-order valence-electron chi connectivity index (χ4n) is 5.99. The topological polar surface area (TPSA) is 102 Å². The van der Waals surface area contributed by atoms with Gasteiger partial charge in [-0.1, -0.05) is 12.1 Å². The van der Waals surface area contributed by atoms with Gasteiger partial charge in [0.25, 0.3) is 5.91 Å². The molecule has 8 nitrogen and oxygen atoms in total. The molecular formula is C23H30N4O4. The summed E-state index contributed by atoms with van der Waals surface area (Å²) in [5, 5.41) is 15.7. The molecule has 3 N–H and O–H groups in total. The first kappa shape index (κ1) is 20.6. The van der Waals surface area contributed by atoms with Gasteiger partial charge in [-0.3, -0.25) is 24.6 Å². The van der Waals surface area contributed by atoms with Gasteiger partial charge in [0, 0.05) is 50.7 Å². The molecule has 8 heteroatoms. The van der Waals surface area contributed by atoms with E-state index < -0.39 is 6.04 Å². The van der Waals surface area contributed by atoms with Crippen LogP contribution in [0, 0.1) is 11.3 Å². The van der Waals surface area contributed by atoms with Crippen LogP contribution in [-0.4, -0.2) is 71.5 Å². The first-order chi connectivity index (χ1) is 15.0. The summed E-state index contributed by atoms with van der Waals surface area (Å²) in [7, 11) is 0. The Bertz CT molecular complexity index is 911. The van der Waals surface area contributed by atoms with Crippen molar-refractivity contribution >= 4 is 17.7 Å². The highest BCUT2D eigenvalue weighted by Crippen LogP contribution is 2.43. The monoisotopic (exact) mass is 426 g/mol. The van der Waals surface area contributed by atoms with E-state index in [1.54, 1.807) is 4.90 Å². The van der Waals surface area contributed by atoms with Gasteiger partial charge in [-0.25, -0.2) is 0 Å².